The van der Waals surface area contributed by atoms with Gasteiger partial charge in [0.2, 0.25) is 0 Å². The first-order chi connectivity index (χ1) is 10.4. The lowest BCUT2D eigenvalue weighted by Crippen LogP contribution is -2.40. The molecule has 6 heteroatoms. The number of nitrogens with zero attached hydrogens (tertiary/aromatic N) is 2. The summed E-state index contributed by atoms with van der Waals surface area (Å²) in [6.45, 7) is 4.12. The van der Waals surface area contributed by atoms with Crippen molar-refractivity contribution in [1.82, 2.24) is 15.1 Å². The summed E-state index contributed by atoms with van der Waals surface area (Å²) in [4.78, 5) is 15.7. The van der Waals surface area contributed by atoms with Crippen LogP contribution < -0.4 is 5.32 Å². The van der Waals surface area contributed by atoms with Crippen LogP contribution in [0.2, 0.25) is 5.02 Å². The van der Waals surface area contributed by atoms with Crippen molar-refractivity contribution in [3.05, 3.63) is 34.6 Å². The maximum atomic E-state index is 13.7. The minimum Gasteiger partial charge on any atom is -0.338 e. The molecule has 0 radical (unpaired) electrons. The molecular formula is C16H23ClFN3O. The second-order valence-electron chi connectivity index (χ2n) is 5.85. The number of urea groups is 1. The SMILES string of the molecule is CCN(C)C(=O)NC[C@H]1CCN(C)[C@@H]1c1ccc(Cl)c(F)c1. The fourth-order valence-corrected chi connectivity index (χ4v) is 3.08. The predicted octanol–water partition coefficient (Wildman–Crippen LogP) is 3.13. The van der Waals surface area contributed by atoms with Crippen molar-refractivity contribution in [1.29, 1.82) is 0 Å². The largest absolute Gasteiger partial charge is 0.338 e. The number of carbonyl (C=O) groups is 1. The Hall–Kier alpha value is -1.33. The van der Waals surface area contributed by atoms with Gasteiger partial charge in [-0.3, -0.25) is 4.90 Å². The van der Waals surface area contributed by atoms with Gasteiger partial charge in [-0.2, -0.15) is 0 Å². The molecule has 1 fully saturated rings. The van der Waals surface area contributed by atoms with E-state index in [1.54, 1.807) is 18.0 Å². The van der Waals surface area contributed by atoms with Crippen LogP contribution in [0.25, 0.3) is 0 Å². The van der Waals surface area contributed by atoms with Gasteiger partial charge in [-0.15, -0.1) is 0 Å². The lowest BCUT2D eigenvalue weighted by atomic mass is 9.93. The summed E-state index contributed by atoms with van der Waals surface area (Å²) in [5.41, 5.74) is 0.907. The van der Waals surface area contributed by atoms with Crippen LogP contribution in [0.4, 0.5) is 9.18 Å². The average molecular weight is 328 g/mol. The molecule has 0 unspecified atom stereocenters. The van der Waals surface area contributed by atoms with E-state index in [0.29, 0.717) is 13.1 Å². The van der Waals surface area contributed by atoms with Gasteiger partial charge in [0, 0.05) is 26.2 Å². The monoisotopic (exact) mass is 327 g/mol. The fraction of sp³-hybridized carbons (Fsp3) is 0.562. The smallest absolute Gasteiger partial charge is 0.317 e. The summed E-state index contributed by atoms with van der Waals surface area (Å²) in [6.07, 6.45) is 0.974. The Kier molecular flexibility index (Phi) is 5.64. The lowest BCUT2D eigenvalue weighted by Gasteiger charge is -2.26. The van der Waals surface area contributed by atoms with E-state index < -0.39 is 5.82 Å². The summed E-state index contributed by atoms with van der Waals surface area (Å²) in [5, 5.41) is 3.10. The zero-order chi connectivity index (χ0) is 16.3. The topological polar surface area (TPSA) is 35.6 Å². The zero-order valence-corrected chi connectivity index (χ0v) is 14.0. The summed E-state index contributed by atoms with van der Waals surface area (Å²) in [7, 11) is 3.79. The second kappa shape index (κ2) is 7.29. The summed E-state index contributed by atoms with van der Waals surface area (Å²) < 4.78 is 13.7. The zero-order valence-electron chi connectivity index (χ0n) is 13.3. The number of amides is 2. The van der Waals surface area contributed by atoms with E-state index in [9.17, 15) is 9.18 Å². The van der Waals surface area contributed by atoms with Crippen LogP contribution in [0.1, 0.15) is 24.9 Å². The first-order valence-electron chi connectivity index (χ1n) is 7.58. The number of carbonyl (C=O) groups excluding carboxylic acids is 1. The van der Waals surface area contributed by atoms with Gasteiger partial charge in [-0.25, -0.2) is 9.18 Å². The minimum absolute atomic E-state index is 0.0712. The molecule has 0 bridgehead atoms. The normalized spacial score (nSPS) is 21.9. The van der Waals surface area contributed by atoms with Gasteiger partial charge in [-0.1, -0.05) is 17.7 Å². The van der Waals surface area contributed by atoms with Crippen LogP contribution in [-0.2, 0) is 0 Å². The molecule has 0 spiro atoms. The third-order valence-corrected chi connectivity index (χ3v) is 4.70. The summed E-state index contributed by atoms with van der Waals surface area (Å²) in [5.74, 6) is -0.132. The Morgan fingerprint density at radius 3 is 2.91 bits per heavy atom. The molecule has 1 aromatic carbocycles. The van der Waals surface area contributed by atoms with Crippen LogP contribution in [0.3, 0.4) is 0 Å². The number of halogens is 2. The number of hydrogen-bond donors (Lipinski definition) is 1. The van der Waals surface area contributed by atoms with Crippen molar-refractivity contribution in [2.75, 3.05) is 33.7 Å². The molecule has 0 saturated carbocycles. The van der Waals surface area contributed by atoms with Crippen LogP contribution in [0.15, 0.2) is 18.2 Å². The molecule has 1 heterocycles. The van der Waals surface area contributed by atoms with Crippen molar-refractivity contribution in [3.63, 3.8) is 0 Å². The van der Waals surface area contributed by atoms with E-state index in [2.05, 4.69) is 10.2 Å². The van der Waals surface area contributed by atoms with Crippen molar-refractivity contribution >= 4 is 17.6 Å². The number of nitrogens with one attached hydrogen (secondary N) is 1. The van der Waals surface area contributed by atoms with E-state index >= 15 is 0 Å². The van der Waals surface area contributed by atoms with Gasteiger partial charge in [0.1, 0.15) is 5.82 Å². The molecular weight excluding hydrogens is 305 g/mol. The fourth-order valence-electron chi connectivity index (χ4n) is 2.96. The molecule has 1 aromatic rings. The molecule has 4 nitrogen and oxygen atoms in total. The molecule has 1 saturated heterocycles. The highest BCUT2D eigenvalue weighted by Gasteiger charge is 2.33. The van der Waals surface area contributed by atoms with E-state index in [-0.39, 0.29) is 23.0 Å². The number of hydrogen-bond acceptors (Lipinski definition) is 2. The van der Waals surface area contributed by atoms with E-state index in [1.807, 2.05) is 20.0 Å². The second-order valence-corrected chi connectivity index (χ2v) is 6.26. The Morgan fingerprint density at radius 2 is 2.27 bits per heavy atom. The van der Waals surface area contributed by atoms with Crippen LogP contribution in [0.5, 0.6) is 0 Å². The third kappa shape index (κ3) is 3.70. The quantitative estimate of drug-likeness (QED) is 0.922. The number of likely N-dealkylation sites (tertiary alicyclic amines) is 1. The van der Waals surface area contributed by atoms with Gasteiger partial charge < -0.3 is 10.2 Å². The highest BCUT2D eigenvalue weighted by atomic mass is 35.5. The molecule has 2 amide bonds. The van der Waals surface area contributed by atoms with Crippen LogP contribution in [0, 0.1) is 11.7 Å². The van der Waals surface area contributed by atoms with Crippen molar-refractivity contribution in [2.24, 2.45) is 5.92 Å². The van der Waals surface area contributed by atoms with Gasteiger partial charge >= 0.3 is 6.03 Å². The standard InChI is InChI=1S/C16H23ClFN3O/c1-4-20(2)16(22)19-10-12-7-8-21(3)15(12)11-5-6-13(17)14(18)9-11/h5-6,9,12,15H,4,7-8,10H2,1-3H3,(H,19,22)/t12-,15-/m1/s1. The number of benzene rings is 1. The van der Waals surface area contributed by atoms with E-state index in [1.165, 1.54) is 6.07 Å². The Bertz CT molecular complexity index is 540. The average Bonchev–Trinajstić information content (AvgIpc) is 2.87. The molecule has 2 atom stereocenters. The maximum Gasteiger partial charge on any atom is 0.317 e. The Labute approximate surface area is 136 Å². The first-order valence-corrected chi connectivity index (χ1v) is 7.96. The van der Waals surface area contributed by atoms with Gasteiger partial charge in [0.15, 0.2) is 0 Å². The molecule has 1 aliphatic heterocycles. The first kappa shape index (κ1) is 17.0. The molecule has 2 rings (SSSR count). The molecule has 0 aliphatic carbocycles. The lowest BCUT2D eigenvalue weighted by molar-refractivity contribution is 0.206. The highest BCUT2D eigenvalue weighted by Crippen LogP contribution is 2.36. The van der Waals surface area contributed by atoms with Crippen molar-refractivity contribution in [3.8, 4) is 0 Å². The van der Waals surface area contributed by atoms with Gasteiger partial charge in [0.25, 0.3) is 0 Å². The Balaban J connectivity index is 2.07. The third-order valence-electron chi connectivity index (χ3n) is 4.40. The molecule has 122 valence electrons. The maximum absolute atomic E-state index is 13.7. The number of rotatable bonds is 4. The highest BCUT2D eigenvalue weighted by molar-refractivity contribution is 6.30. The Morgan fingerprint density at radius 1 is 1.55 bits per heavy atom. The van der Waals surface area contributed by atoms with Crippen molar-refractivity contribution < 1.29 is 9.18 Å². The van der Waals surface area contributed by atoms with Crippen molar-refractivity contribution in [2.45, 2.75) is 19.4 Å². The van der Waals surface area contributed by atoms with Crippen LogP contribution >= 0.6 is 11.6 Å². The van der Waals surface area contributed by atoms with E-state index in [4.69, 9.17) is 11.6 Å². The summed E-state index contributed by atoms with van der Waals surface area (Å²) in [6, 6.07) is 4.99. The van der Waals surface area contributed by atoms with E-state index in [0.717, 1.165) is 18.5 Å². The molecule has 1 N–H and O–H groups in total. The van der Waals surface area contributed by atoms with Gasteiger partial charge in [0.05, 0.1) is 5.02 Å². The molecule has 1 aliphatic rings. The van der Waals surface area contributed by atoms with Crippen LogP contribution in [-0.4, -0.2) is 49.6 Å². The predicted molar refractivity (Wildman–Crippen MR) is 86.6 cm³/mol. The summed E-state index contributed by atoms with van der Waals surface area (Å²) >= 11 is 5.76. The molecule has 22 heavy (non-hydrogen) atoms. The molecule has 0 aromatic heterocycles. The van der Waals surface area contributed by atoms with Gasteiger partial charge in [-0.05, 0) is 50.6 Å². The minimum atomic E-state index is -0.395.